The largest absolute Gasteiger partial charge is 0.530 e. The van der Waals surface area contributed by atoms with Crippen LogP contribution in [-0.2, 0) is 24.4 Å². The number of benzene rings is 1. The zero-order chi connectivity index (χ0) is 13.6. The van der Waals surface area contributed by atoms with Gasteiger partial charge < -0.3 is 4.52 Å². The zero-order valence-electron chi connectivity index (χ0n) is 10.6. The van der Waals surface area contributed by atoms with E-state index in [0.717, 1.165) is 0 Å². The van der Waals surface area contributed by atoms with Gasteiger partial charge in [-0.15, -0.1) is 0 Å². The summed E-state index contributed by atoms with van der Waals surface area (Å²) < 4.78 is 38.5. The minimum absolute atomic E-state index is 0.230. The van der Waals surface area contributed by atoms with Crippen LogP contribution in [0.25, 0.3) is 0 Å². The summed E-state index contributed by atoms with van der Waals surface area (Å²) in [6.45, 7) is 3.87. The van der Waals surface area contributed by atoms with Gasteiger partial charge in [-0.25, -0.2) is 4.57 Å². The number of hydrogen-bond donors (Lipinski definition) is 0. The average molecular weight is 292 g/mol. The molecule has 0 aromatic heterocycles. The second kappa shape index (κ2) is 7.04. The van der Waals surface area contributed by atoms with Crippen LogP contribution in [0.2, 0.25) is 0 Å². The number of phosphoric acid groups is 1. The maximum Gasteiger partial charge on any atom is 0.530 e. The van der Waals surface area contributed by atoms with Gasteiger partial charge in [0, 0.05) is 22.0 Å². The van der Waals surface area contributed by atoms with Crippen LogP contribution in [0.15, 0.2) is 29.2 Å². The van der Waals surface area contributed by atoms with Crippen LogP contribution >= 0.6 is 7.82 Å². The normalized spacial score (nSPS) is 13.3. The third kappa shape index (κ3) is 4.53. The molecule has 0 fully saturated rings. The highest BCUT2D eigenvalue weighted by atomic mass is 32.2. The van der Waals surface area contributed by atoms with E-state index < -0.39 is 18.6 Å². The summed E-state index contributed by atoms with van der Waals surface area (Å²) in [5.41, 5.74) is 0. The van der Waals surface area contributed by atoms with E-state index >= 15 is 0 Å². The lowest BCUT2D eigenvalue weighted by molar-refractivity contribution is 0.167. The lowest BCUT2D eigenvalue weighted by Crippen LogP contribution is -2.02. The molecule has 0 unspecified atom stereocenters. The smallest absolute Gasteiger partial charge is 0.404 e. The molecule has 0 radical (unpaired) electrons. The molecule has 7 heteroatoms. The summed E-state index contributed by atoms with van der Waals surface area (Å²) in [5.74, 6) is 0.356. The molecule has 0 amide bonds. The molecule has 0 bridgehead atoms. The predicted octanol–water partition coefficient (Wildman–Crippen LogP) is 2.98. The van der Waals surface area contributed by atoms with Gasteiger partial charge in [-0.3, -0.25) is 13.3 Å². The van der Waals surface area contributed by atoms with Crippen LogP contribution < -0.4 is 4.52 Å². The first-order valence-corrected chi connectivity index (χ1v) is 8.55. The Labute approximate surface area is 110 Å². The molecule has 0 saturated heterocycles. The molecule has 5 nitrogen and oxygen atoms in total. The van der Waals surface area contributed by atoms with Crippen LogP contribution in [-0.4, -0.2) is 23.7 Å². The van der Waals surface area contributed by atoms with E-state index in [1.807, 2.05) is 0 Å². The standard InChI is InChI=1S/C11H17O5PS/c1-4-14-17(12,15-5-2)16-10-6-8-11(9-7-10)18(3)13/h6-9H,4-5H2,1-3H3/t18-/m0/s1. The zero-order valence-corrected chi connectivity index (χ0v) is 12.3. The summed E-state index contributed by atoms with van der Waals surface area (Å²) in [6.07, 6.45) is 1.58. The molecule has 18 heavy (non-hydrogen) atoms. The monoisotopic (exact) mass is 292 g/mol. The molecule has 0 aliphatic carbocycles. The van der Waals surface area contributed by atoms with Crippen molar-refractivity contribution in [1.29, 1.82) is 0 Å². The molecule has 1 aromatic rings. The van der Waals surface area contributed by atoms with Crippen LogP contribution in [0.1, 0.15) is 13.8 Å². The molecule has 0 heterocycles. The summed E-state index contributed by atoms with van der Waals surface area (Å²) >= 11 is 0. The quantitative estimate of drug-likeness (QED) is 0.723. The lowest BCUT2D eigenvalue weighted by Gasteiger charge is -2.16. The molecular weight excluding hydrogens is 275 g/mol. The lowest BCUT2D eigenvalue weighted by atomic mass is 10.3. The maximum absolute atomic E-state index is 12.1. The summed E-state index contributed by atoms with van der Waals surface area (Å²) in [6, 6.07) is 6.46. The Hall–Kier alpha value is -0.680. The average Bonchev–Trinajstić information content (AvgIpc) is 2.30. The third-order valence-corrected chi connectivity index (χ3v) is 4.47. The van der Waals surface area contributed by atoms with Gasteiger partial charge in [-0.05, 0) is 38.1 Å². The molecule has 0 spiro atoms. The molecule has 0 N–H and O–H groups in total. The first-order valence-electron chi connectivity index (χ1n) is 5.53. The van der Waals surface area contributed by atoms with E-state index in [1.54, 1.807) is 44.4 Å². The Balaban J connectivity index is 2.81. The summed E-state index contributed by atoms with van der Waals surface area (Å²) in [4.78, 5) is 0.671. The summed E-state index contributed by atoms with van der Waals surface area (Å²) in [7, 11) is -4.61. The Morgan fingerprint density at radius 3 is 2.00 bits per heavy atom. The van der Waals surface area contributed by atoms with Gasteiger partial charge in [0.25, 0.3) is 0 Å². The molecule has 0 saturated carbocycles. The van der Waals surface area contributed by atoms with E-state index in [4.69, 9.17) is 13.6 Å². The molecule has 102 valence electrons. The van der Waals surface area contributed by atoms with Crippen molar-refractivity contribution in [3.8, 4) is 5.75 Å². The molecule has 1 rings (SSSR count). The van der Waals surface area contributed by atoms with Gasteiger partial charge in [-0.2, -0.15) is 0 Å². The first kappa shape index (κ1) is 15.4. The van der Waals surface area contributed by atoms with Crippen molar-refractivity contribution < 1.29 is 22.3 Å². The minimum atomic E-state index is -3.56. The minimum Gasteiger partial charge on any atom is -0.404 e. The van der Waals surface area contributed by atoms with Gasteiger partial charge in [-0.1, -0.05) is 0 Å². The molecular formula is C11H17O5PS. The van der Waals surface area contributed by atoms with Crippen LogP contribution in [0.3, 0.4) is 0 Å². The molecule has 1 aromatic carbocycles. The van der Waals surface area contributed by atoms with Crippen molar-refractivity contribution in [2.75, 3.05) is 19.5 Å². The predicted molar refractivity (Wildman–Crippen MR) is 70.3 cm³/mol. The van der Waals surface area contributed by atoms with Gasteiger partial charge in [0.1, 0.15) is 5.75 Å². The van der Waals surface area contributed by atoms with Gasteiger partial charge in [0.2, 0.25) is 0 Å². The molecule has 0 aliphatic rings. The van der Waals surface area contributed by atoms with E-state index in [0.29, 0.717) is 10.6 Å². The Kier molecular flexibility index (Phi) is 6.02. The Morgan fingerprint density at radius 1 is 1.11 bits per heavy atom. The van der Waals surface area contributed by atoms with Gasteiger partial charge in [0.05, 0.1) is 13.2 Å². The molecule has 0 aliphatic heterocycles. The number of rotatable bonds is 7. The second-order valence-corrected chi connectivity index (χ2v) is 6.27. The van der Waals surface area contributed by atoms with Gasteiger partial charge in [0.15, 0.2) is 0 Å². The topological polar surface area (TPSA) is 61.8 Å². The fourth-order valence-electron chi connectivity index (χ4n) is 1.23. The fraction of sp³-hybridized carbons (Fsp3) is 0.455. The second-order valence-electron chi connectivity index (χ2n) is 3.30. The highest BCUT2D eigenvalue weighted by Crippen LogP contribution is 2.49. The van der Waals surface area contributed by atoms with Crippen molar-refractivity contribution in [1.82, 2.24) is 0 Å². The SMILES string of the molecule is CCOP(=O)(OCC)Oc1ccc([S@](C)=O)cc1. The maximum atomic E-state index is 12.1. The van der Waals surface area contributed by atoms with Crippen molar-refractivity contribution in [2.45, 2.75) is 18.7 Å². The third-order valence-electron chi connectivity index (χ3n) is 1.95. The van der Waals surface area contributed by atoms with Crippen molar-refractivity contribution in [2.24, 2.45) is 0 Å². The van der Waals surface area contributed by atoms with Crippen LogP contribution in [0.4, 0.5) is 0 Å². The number of phosphoric ester groups is 1. The van der Waals surface area contributed by atoms with E-state index in [9.17, 15) is 8.77 Å². The Morgan fingerprint density at radius 2 is 1.61 bits per heavy atom. The van der Waals surface area contributed by atoms with Crippen molar-refractivity contribution in [3.63, 3.8) is 0 Å². The van der Waals surface area contributed by atoms with Crippen LogP contribution in [0, 0.1) is 0 Å². The first-order chi connectivity index (χ1) is 8.50. The van der Waals surface area contributed by atoms with E-state index in [2.05, 4.69) is 0 Å². The van der Waals surface area contributed by atoms with E-state index in [1.165, 1.54) is 0 Å². The van der Waals surface area contributed by atoms with Crippen LogP contribution in [0.5, 0.6) is 5.75 Å². The van der Waals surface area contributed by atoms with Crippen molar-refractivity contribution >= 4 is 18.6 Å². The van der Waals surface area contributed by atoms with E-state index in [-0.39, 0.29) is 13.2 Å². The highest BCUT2D eigenvalue weighted by molar-refractivity contribution is 7.84. The Bertz CT molecular complexity index is 435. The van der Waals surface area contributed by atoms with Gasteiger partial charge >= 0.3 is 7.82 Å². The molecule has 1 atom stereocenters. The number of hydrogen-bond acceptors (Lipinski definition) is 5. The van der Waals surface area contributed by atoms with Crippen molar-refractivity contribution in [3.05, 3.63) is 24.3 Å². The highest BCUT2D eigenvalue weighted by Gasteiger charge is 2.27. The summed E-state index contributed by atoms with van der Waals surface area (Å²) in [5, 5.41) is 0. The fourth-order valence-corrected chi connectivity index (χ4v) is 2.94.